The van der Waals surface area contributed by atoms with Crippen molar-refractivity contribution in [3.8, 4) is 0 Å². The van der Waals surface area contributed by atoms with E-state index in [-0.39, 0.29) is 5.91 Å². The summed E-state index contributed by atoms with van der Waals surface area (Å²) >= 11 is 3.48. The van der Waals surface area contributed by atoms with Crippen LogP contribution in [-0.4, -0.2) is 25.7 Å². The molecule has 4 nitrogen and oxygen atoms in total. The maximum absolute atomic E-state index is 12.9. The van der Waals surface area contributed by atoms with E-state index in [1.54, 1.807) is 0 Å². The molecule has 1 aromatic carbocycles. The van der Waals surface area contributed by atoms with E-state index in [1.807, 2.05) is 23.1 Å². The van der Waals surface area contributed by atoms with Gasteiger partial charge in [-0.05, 0) is 31.0 Å². The number of hydrogen-bond acceptors (Lipinski definition) is 3. The van der Waals surface area contributed by atoms with Crippen molar-refractivity contribution in [2.75, 3.05) is 24.7 Å². The molecule has 2 aliphatic rings. The zero-order chi connectivity index (χ0) is 14.9. The van der Waals surface area contributed by atoms with E-state index in [1.165, 1.54) is 0 Å². The van der Waals surface area contributed by atoms with Crippen molar-refractivity contribution in [2.24, 2.45) is 0 Å². The molecule has 2 heterocycles. The van der Waals surface area contributed by atoms with Gasteiger partial charge in [0.2, 0.25) is 0 Å². The second kappa shape index (κ2) is 6.07. The summed E-state index contributed by atoms with van der Waals surface area (Å²) in [6, 6.07) is 5.87. The number of unbranched alkanes of at least 4 members (excludes halogenated alkanes) is 2. The van der Waals surface area contributed by atoms with Crippen LogP contribution in [0.5, 0.6) is 0 Å². The van der Waals surface area contributed by atoms with Crippen molar-refractivity contribution in [3.05, 3.63) is 28.2 Å². The zero-order valence-electron chi connectivity index (χ0n) is 12.2. The summed E-state index contributed by atoms with van der Waals surface area (Å²) in [7, 11) is 0. The molecular formula is C16H20BrNO3. The Morgan fingerprint density at radius 3 is 2.76 bits per heavy atom. The molecule has 0 aliphatic carbocycles. The van der Waals surface area contributed by atoms with Crippen molar-refractivity contribution in [1.82, 2.24) is 0 Å². The number of carbonyl (C=O) groups excluding carboxylic acids is 1. The first-order valence-electron chi connectivity index (χ1n) is 7.59. The molecule has 2 aliphatic heterocycles. The molecular weight excluding hydrogens is 334 g/mol. The first kappa shape index (κ1) is 15.0. The van der Waals surface area contributed by atoms with Crippen LogP contribution in [0.2, 0.25) is 0 Å². The Balaban J connectivity index is 1.97. The van der Waals surface area contributed by atoms with Crippen molar-refractivity contribution >= 4 is 27.5 Å². The number of amides is 1. The number of carbonyl (C=O) groups is 1. The molecule has 0 bridgehead atoms. The predicted molar refractivity (Wildman–Crippen MR) is 84.2 cm³/mol. The molecule has 0 N–H and O–H groups in total. The number of rotatable bonds is 4. The van der Waals surface area contributed by atoms with E-state index in [9.17, 15) is 4.79 Å². The van der Waals surface area contributed by atoms with E-state index in [0.717, 1.165) is 48.0 Å². The van der Waals surface area contributed by atoms with Gasteiger partial charge in [-0.2, -0.15) is 0 Å². The normalized spacial score (nSPS) is 20.1. The van der Waals surface area contributed by atoms with Crippen LogP contribution < -0.4 is 4.90 Å². The van der Waals surface area contributed by atoms with Crippen LogP contribution in [0.1, 0.15) is 38.2 Å². The van der Waals surface area contributed by atoms with E-state index < -0.39 is 5.79 Å². The van der Waals surface area contributed by atoms with Crippen LogP contribution in [0.4, 0.5) is 5.69 Å². The summed E-state index contributed by atoms with van der Waals surface area (Å²) in [6.07, 6.45) is 4.07. The molecule has 1 aromatic rings. The third kappa shape index (κ3) is 2.51. The van der Waals surface area contributed by atoms with Crippen LogP contribution >= 0.6 is 15.9 Å². The first-order valence-corrected chi connectivity index (χ1v) is 8.38. The zero-order valence-corrected chi connectivity index (χ0v) is 13.8. The highest BCUT2D eigenvalue weighted by Gasteiger charge is 2.54. The molecule has 0 radical (unpaired) electrons. The van der Waals surface area contributed by atoms with Gasteiger partial charge >= 0.3 is 0 Å². The number of anilines is 1. The van der Waals surface area contributed by atoms with Gasteiger partial charge in [0.25, 0.3) is 11.7 Å². The topological polar surface area (TPSA) is 38.8 Å². The Morgan fingerprint density at radius 1 is 1.29 bits per heavy atom. The average molecular weight is 354 g/mol. The summed E-state index contributed by atoms with van der Waals surface area (Å²) < 4.78 is 12.6. The number of nitrogens with zero attached hydrogens (tertiary/aromatic N) is 1. The number of fused-ring (bicyclic) bond motifs is 2. The lowest BCUT2D eigenvalue weighted by molar-refractivity contribution is -0.256. The highest BCUT2D eigenvalue weighted by Crippen LogP contribution is 2.46. The van der Waals surface area contributed by atoms with Crippen LogP contribution in [0, 0.1) is 0 Å². The second-order valence-corrected chi connectivity index (χ2v) is 6.41. The van der Waals surface area contributed by atoms with Gasteiger partial charge in [-0.1, -0.05) is 35.7 Å². The fourth-order valence-electron chi connectivity index (χ4n) is 2.96. The highest BCUT2D eigenvalue weighted by atomic mass is 79.9. The van der Waals surface area contributed by atoms with Crippen molar-refractivity contribution in [2.45, 2.75) is 38.4 Å². The maximum atomic E-state index is 12.9. The molecule has 0 atom stereocenters. The third-order valence-corrected chi connectivity index (χ3v) is 4.51. The van der Waals surface area contributed by atoms with Gasteiger partial charge in [0, 0.05) is 16.6 Å². The van der Waals surface area contributed by atoms with Crippen molar-refractivity contribution < 1.29 is 14.3 Å². The largest absolute Gasteiger partial charge is 0.338 e. The standard InChI is InChI=1S/C16H20BrNO3/c1-2-3-4-8-18-14-7-6-12(17)11-13(14)16(15(18)19)20-9-5-10-21-16/h6-7,11H,2-5,8-10H2,1H3. The summed E-state index contributed by atoms with van der Waals surface area (Å²) in [5.41, 5.74) is 1.75. The Hall–Kier alpha value is -0.910. The minimum absolute atomic E-state index is 0.0774. The smallest absolute Gasteiger partial charge is 0.292 e. The summed E-state index contributed by atoms with van der Waals surface area (Å²) in [5.74, 6) is -1.30. The van der Waals surface area contributed by atoms with Crippen LogP contribution in [0.3, 0.4) is 0 Å². The monoisotopic (exact) mass is 353 g/mol. The molecule has 1 saturated heterocycles. The molecule has 5 heteroatoms. The molecule has 21 heavy (non-hydrogen) atoms. The second-order valence-electron chi connectivity index (χ2n) is 5.49. The quantitative estimate of drug-likeness (QED) is 0.776. The number of ether oxygens (including phenoxy) is 2. The molecule has 114 valence electrons. The van der Waals surface area contributed by atoms with Crippen LogP contribution in [0.25, 0.3) is 0 Å². The number of halogens is 1. The highest BCUT2D eigenvalue weighted by molar-refractivity contribution is 9.10. The van der Waals surface area contributed by atoms with Gasteiger partial charge in [0.15, 0.2) is 0 Å². The minimum atomic E-state index is -1.22. The van der Waals surface area contributed by atoms with E-state index in [2.05, 4.69) is 22.9 Å². The Labute approximate surface area is 133 Å². The molecule has 0 saturated carbocycles. The summed E-state index contributed by atoms with van der Waals surface area (Å²) in [6.45, 7) is 3.99. The van der Waals surface area contributed by atoms with Gasteiger partial charge in [-0.25, -0.2) is 0 Å². The molecule has 1 fully saturated rings. The van der Waals surface area contributed by atoms with Crippen LogP contribution in [0.15, 0.2) is 22.7 Å². The Bertz CT molecular complexity index is 540. The molecule has 0 aromatic heterocycles. The molecule has 1 amide bonds. The van der Waals surface area contributed by atoms with Gasteiger partial charge in [-0.3, -0.25) is 4.79 Å². The summed E-state index contributed by atoms with van der Waals surface area (Å²) in [5, 5.41) is 0. The first-order chi connectivity index (χ1) is 10.2. The summed E-state index contributed by atoms with van der Waals surface area (Å²) in [4.78, 5) is 14.7. The fraction of sp³-hybridized carbons (Fsp3) is 0.562. The van der Waals surface area contributed by atoms with E-state index in [4.69, 9.17) is 9.47 Å². The number of benzene rings is 1. The van der Waals surface area contributed by atoms with Crippen LogP contribution in [-0.2, 0) is 20.1 Å². The third-order valence-electron chi connectivity index (χ3n) is 4.02. The van der Waals surface area contributed by atoms with E-state index >= 15 is 0 Å². The van der Waals surface area contributed by atoms with E-state index in [0.29, 0.717) is 13.2 Å². The average Bonchev–Trinajstić information content (AvgIpc) is 2.71. The predicted octanol–water partition coefficient (Wildman–Crippen LogP) is 3.58. The lowest BCUT2D eigenvalue weighted by Crippen LogP contribution is -2.47. The lowest BCUT2D eigenvalue weighted by atomic mass is 10.1. The fourth-order valence-corrected chi connectivity index (χ4v) is 3.32. The Kier molecular flexibility index (Phi) is 4.33. The van der Waals surface area contributed by atoms with Crippen molar-refractivity contribution in [3.63, 3.8) is 0 Å². The lowest BCUT2D eigenvalue weighted by Gasteiger charge is -2.32. The van der Waals surface area contributed by atoms with Gasteiger partial charge in [0.1, 0.15) is 0 Å². The SMILES string of the molecule is CCCCCN1C(=O)C2(OCCCO2)c2cc(Br)ccc21. The number of hydrogen-bond donors (Lipinski definition) is 0. The minimum Gasteiger partial charge on any atom is -0.338 e. The molecule has 3 rings (SSSR count). The van der Waals surface area contributed by atoms with Gasteiger partial charge in [0.05, 0.1) is 18.9 Å². The maximum Gasteiger partial charge on any atom is 0.292 e. The van der Waals surface area contributed by atoms with Gasteiger partial charge < -0.3 is 14.4 Å². The van der Waals surface area contributed by atoms with Gasteiger partial charge in [-0.15, -0.1) is 0 Å². The van der Waals surface area contributed by atoms with Crippen molar-refractivity contribution in [1.29, 1.82) is 0 Å². The molecule has 1 spiro atoms. The Morgan fingerprint density at radius 2 is 2.05 bits per heavy atom. The molecule has 0 unspecified atom stereocenters.